The summed E-state index contributed by atoms with van der Waals surface area (Å²) in [6.07, 6.45) is 1.42. The fourth-order valence-corrected chi connectivity index (χ4v) is 3.95. The highest BCUT2D eigenvalue weighted by Crippen LogP contribution is 2.24. The molecule has 0 aliphatic carbocycles. The highest BCUT2D eigenvalue weighted by atomic mass is 32.2. The first-order valence-corrected chi connectivity index (χ1v) is 9.97. The quantitative estimate of drug-likeness (QED) is 0.419. The van der Waals surface area contributed by atoms with E-state index in [1.807, 2.05) is 24.3 Å². The third kappa shape index (κ3) is 4.74. The second kappa shape index (κ2) is 9.44. The van der Waals surface area contributed by atoms with E-state index in [2.05, 4.69) is 11.0 Å². The van der Waals surface area contributed by atoms with E-state index in [1.165, 1.54) is 18.0 Å². The smallest absolute Gasteiger partial charge is 0.251 e. The molecule has 1 amide bonds. The summed E-state index contributed by atoms with van der Waals surface area (Å²) < 4.78 is 5.93. The maximum Gasteiger partial charge on any atom is 0.251 e. The molecule has 1 atom stereocenters. The minimum atomic E-state index is -0.346. The van der Waals surface area contributed by atoms with Crippen LogP contribution < -0.4 is 9.47 Å². The number of pyridine rings is 1. The molecule has 1 aromatic carbocycles. The van der Waals surface area contributed by atoms with Crippen molar-refractivity contribution >= 4 is 17.7 Å². The molecule has 2 heterocycles. The van der Waals surface area contributed by atoms with E-state index in [0.717, 1.165) is 16.0 Å². The van der Waals surface area contributed by atoms with Gasteiger partial charge in [-0.1, -0.05) is 12.1 Å². The van der Waals surface area contributed by atoms with Gasteiger partial charge in [-0.25, -0.2) is 0 Å². The van der Waals surface area contributed by atoms with Crippen molar-refractivity contribution in [3.05, 3.63) is 59.4 Å². The van der Waals surface area contributed by atoms with Gasteiger partial charge in [0.25, 0.3) is 5.03 Å². The van der Waals surface area contributed by atoms with Crippen LogP contribution >= 0.6 is 11.8 Å². The number of nitriles is 1. The van der Waals surface area contributed by atoms with Crippen molar-refractivity contribution in [3.8, 4) is 11.8 Å². The third-order valence-electron chi connectivity index (χ3n) is 4.72. The number of benzene rings is 1. The number of amides is 1. The fraction of sp³-hybridized carbons (Fsp3) is 0.350. The van der Waals surface area contributed by atoms with Crippen LogP contribution in [0.2, 0.25) is 0 Å². The van der Waals surface area contributed by atoms with E-state index in [0.29, 0.717) is 31.2 Å². The summed E-state index contributed by atoms with van der Waals surface area (Å²) in [5.41, 5.74) is 0.919. The molecule has 28 heavy (non-hydrogen) atoms. The summed E-state index contributed by atoms with van der Waals surface area (Å²) in [5, 5.41) is 21.8. The molecule has 8 heteroatoms. The van der Waals surface area contributed by atoms with Crippen LogP contribution in [-0.4, -0.2) is 54.7 Å². The molecule has 0 N–H and O–H groups in total. The molecule has 1 aliphatic rings. The molecular weight excluding hydrogens is 376 g/mol. The summed E-state index contributed by atoms with van der Waals surface area (Å²) in [7, 11) is 1.61. The second-order valence-electron chi connectivity index (χ2n) is 6.37. The zero-order valence-corrected chi connectivity index (χ0v) is 16.5. The van der Waals surface area contributed by atoms with Crippen LogP contribution in [0.5, 0.6) is 5.75 Å². The van der Waals surface area contributed by atoms with Crippen LogP contribution in [0.25, 0.3) is 0 Å². The van der Waals surface area contributed by atoms with Crippen molar-refractivity contribution in [1.82, 2.24) is 9.80 Å². The molecule has 1 aromatic heterocycles. The number of carbonyl (C=O) groups excluding carboxylic acids is 1. The van der Waals surface area contributed by atoms with E-state index < -0.39 is 0 Å². The largest absolute Gasteiger partial charge is 0.618 e. The number of methoxy groups -OCH3 is 1. The minimum Gasteiger partial charge on any atom is -0.618 e. The first-order valence-electron chi connectivity index (χ1n) is 8.98. The lowest BCUT2D eigenvalue weighted by Gasteiger charge is -2.37. The molecule has 1 aliphatic heterocycles. The van der Waals surface area contributed by atoms with E-state index >= 15 is 0 Å². The number of carbonyl (C=O) groups is 1. The van der Waals surface area contributed by atoms with E-state index in [4.69, 9.17) is 4.74 Å². The van der Waals surface area contributed by atoms with Crippen molar-refractivity contribution < 1.29 is 14.3 Å². The zero-order chi connectivity index (χ0) is 19.9. The molecule has 0 bridgehead atoms. The van der Waals surface area contributed by atoms with Gasteiger partial charge in [-0.15, -0.1) is 0 Å². The fourth-order valence-electron chi connectivity index (χ4n) is 3.13. The number of aromatic nitrogens is 1. The van der Waals surface area contributed by atoms with Gasteiger partial charge in [0.2, 0.25) is 5.91 Å². The van der Waals surface area contributed by atoms with Crippen LogP contribution in [0, 0.1) is 16.5 Å². The number of ether oxygens (including phenoxy) is 1. The summed E-state index contributed by atoms with van der Waals surface area (Å²) in [5.74, 6) is 0.990. The predicted molar refractivity (Wildman–Crippen MR) is 106 cm³/mol. The average molecular weight is 398 g/mol. The van der Waals surface area contributed by atoms with Gasteiger partial charge in [-0.2, -0.15) is 9.99 Å². The molecule has 0 radical (unpaired) electrons. The molecule has 3 rings (SSSR count). The van der Waals surface area contributed by atoms with Crippen LogP contribution in [0.4, 0.5) is 0 Å². The average Bonchev–Trinajstić information content (AvgIpc) is 2.74. The predicted octanol–water partition coefficient (Wildman–Crippen LogP) is 1.83. The van der Waals surface area contributed by atoms with Crippen molar-refractivity contribution in [3.63, 3.8) is 0 Å². The van der Waals surface area contributed by atoms with E-state index in [1.54, 1.807) is 30.2 Å². The van der Waals surface area contributed by atoms with Crippen LogP contribution in [0.1, 0.15) is 11.6 Å². The minimum absolute atomic E-state index is 0.00598. The lowest BCUT2D eigenvalue weighted by molar-refractivity contribution is -0.645. The Kier molecular flexibility index (Phi) is 6.74. The van der Waals surface area contributed by atoms with Gasteiger partial charge >= 0.3 is 0 Å². The number of rotatable bonds is 6. The summed E-state index contributed by atoms with van der Waals surface area (Å²) in [6, 6.07) is 14.7. The monoisotopic (exact) mass is 398 g/mol. The van der Waals surface area contributed by atoms with Gasteiger partial charge in [0.15, 0.2) is 6.20 Å². The highest BCUT2D eigenvalue weighted by molar-refractivity contribution is 7.99. The van der Waals surface area contributed by atoms with Gasteiger partial charge in [0, 0.05) is 38.3 Å². The molecule has 1 saturated heterocycles. The topological polar surface area (TPSA) is 83.5 Å². The van der Waals surface area contributed by atoms with Crippen molar-refractivity contribution in [1.29, 1.82) is 5.26 Å². The molecular formula is C20H22N4O3S. The van der Waals surface area contributed by atoms with Gasteiger partial charge in [0.1, 0.15) is 11.8 Å². The number of piperazine rings is 1. The Bertz CT molecular complexity index is 845. The van der Waals surface area contributed by atoms with E-state index in [9.17, 15) is 15.3 Å². The number of hydrogen-bond acceptors (Lipinski definition) is 6. The lowest BCUT2D eigenvalue weighted by Crippen LogP contribution is -2.50. The van der Waals surface area contributed by atoms with Crippen molar-refractivity contribution in [2.75, 3.05) is 39.0 Å². The first kappa shape index (κ1) is 20.0. The lowest BCUT2D eigenvalue weighted by atomic mass is 10.1. The van der Waals surface area contributed by atoms with Crippen molar-refractivity contribution in [2.24, 2.45) is 0 Å². The van der Waals surface area contributed by atoms with Gasteiger partial charge < -0.3 is 14.8 Å². The standard InChI is InChI=1S/C20H22N4O3S/c1-27-17-7-5-16(6-8-17)18(14-21)22-10-12-23(13-11-22)19(25)15-28-20-4-2-3-9-24(20)26/h2-9,18H,10-13,15H2,1H3. The van der Waals surface area contributed by atoms with Crippen LogP contribution in [-0.2, 0) is 4.79 Å². The van der Waals surface area contributed by atoms with Crippen LogP contribution in [0.15, 0.2) is 53.7 Å². The Hall–Kier alpha value is -2.76. The molecule has 146 valence electrons. The maximum atomic E-state index is 12.5. The van der Waals surface area contributed by atoms with Crippen molar-refractivity contribution in [2.45, 2.75) is 11.1 Å². The summed E-state index contributed by atoms with van der Waals surface area (Å²) in [6.45, 7) is 2.40. The first-order chi connectivity index (χ1) is 13.6. The SMILES string of the molecule is COc1ccc(C(C#N)N2CCN(C(=O)CSc3cccc[n+]3[O-])CC2)cc1. The van der Waals surface area contributed by atoms with Gasteiger partial charge in [0.05, 0.1) is 18.9 Å². The number of hydrogen-bond donors (Lipinski definition) is 0. The van der Waals surface area contributed by atoms with Gasteiger partial charge in [-0.3, -0.25) is 9.69 Å². The molecule has 2 aromatic rings. The Morgan fingerprint density at radius 1 is 1.25 bits per heavy atom. The van der Waals surface area contributed by atoms with Crippen LogP contribution in [0.3, 0.4) is 0 Å². The summed E-state index contributed by atoms with van der Waals surface area (Å²) in [4.78, 5) is 16.3. The zero-order valence-electron chi connectivity index (χ0n) is 15.7. The second-order valence-corrected chi connectivity index (χ2v) is 7.37. The van der Waals surface area contributed by atoms with E-state index in [-0.39, 0.29) is 17.7 Å². The Balaban J connectivity index is 1.53. The maximum absolute atomic E-state index is 12.5. The normalized spacial score (nSPS) is 15.6. The third-order valence-corrected chi connectivity index (χ3v) is 5.72. The molecule has 1 unspecified atom stereocenters. The molecule has 0 spiro atoms. The molecule has 1 fully saturated rings. The summed E-state index contributed by atoms with van der Waals surface area (Å²) >= 11 is 1.24. The molecule has 0 saturated carbocycles. The molecule has 7 nitrogen and oxygen atoms in total. The van der Waals surface area contributed by atoms with Gasteiger partial charge in [-0.05, 0) is 35.5 Å². The highest BCUT2D eigenvalue weighted by Gasteiger charge is 2.27. The Morgan fingerprint density at radius 3 is 2.57 bits per heavy atom. The Labute approximate surface area is 168 Å². The number of nitrogens with zero attached hydrogens (tertiary/aromatic N) is 4. The number of thioether (sulfide) groups is 1. The Morgan fingerprint density at radius 2 is 1.96 bits per heavy atom.